The Labute approximate surface area is 344 Å². The maximum atomic E-state index is 14.0. The van der Waals surface area contributed by atoms with Crippen LogP contribution in [-0.4, -0.2) is 102 Å². The second-order valence-electron chi connectivity index (χ2n) is 15.6. The van der Waals surface area contributed by atoms with Crippen LogP contribution in [0.3, 0.4) is 0 Å². The van der Waals surface area contributed by atoms with Crippen molar-refractivity contribution in [2.45, 2.75) is 45.7 Å². The van der Waals surface area contributed by atoms with E-state index in [1.54, 1.807) is 19.4 Å². The number of nitrogens with one attached hydrogen (secondary N) is 1. The molecule has 0 aliphatic carbocycles. The van der Waals surface area contributed by atoms with E-state index in [-0.39, 0.29) is 22.0 Å². The van der Waals surface area contributed by atoms with Gasteiger partial charge in [-0.3, -0.25) is 14.7 Å². The van der Waals surface area contributed by atoms with E-state index in [0.29, 0.717) is 64.4 Å². The second-order valence-corrected chi connectivity index (χ2v) is 16.9. The van der Waals surface area contributed by atoms with Crippen LogP contribution in [-0.2, 0) is 16.0 Å². The monoisotopic (exact) mass is 832 g/mol. The standard InChI is InChI=1S/C42H46ClFN6O7S/c1-42(2,3)35-18-24-17-34(33(55-4)20-27(24)31-21-32(51)28(40(52)53)22-50(31)35)57-15-6-10-48-11-13-49(14-12-48)23-30-36(41(54)56-5)37(26-8-7-25(44)19-29(26)43)47-38(46-30)39-45-9-16-58-39/h7-9,16-17,19-22,35,37H,6,10-15,18,23H2,1-5H3,(H,46,47)(H,52,53)/t35?,37-/m0/s1. The van der Waals surface area contributed by atoms with Crippen LogP contribution in [0.1, 0.15) is 65.8 Å². The van der Waals surface area contributed by atoms with E-state index in [1.807, 2.05) is 22.1 Å². The fraction of sp³-hybridized carbons (Fsp3) is 0.405. The summed E-state index contributed by atoms with van der Waals surface area (Å²) < 4.78 is 33.3. The number of hydrogen-bond donors (Lipinski definition) is 2. The third-order valence-corrected chi connectivity index (χ3v) is 12.0. The van der Waals surface area contributed by atoms with E-state index in [9.17, 15) is 23.9 Å². The summed E-state index contributed by atoms with van der Waals surface area (Å²) in [6.45, 7) is 11.1. The second kappa shape index (κ2) is 17.0. The van der Waals surface area contributed by atoms with Gasteiger partial charge in [0.25, 0.3) is 0 Å². The van der Waals surface area contributed by atoms with Gasteiger partial charge < -0.3 is 34.1 Å². The summed E-state index contributed by atoms with van der Waals surface area (Å²) in [4.78, 5) is 51.9. The molecule has 0 bridgehead atoms. The van der Waals surface area contributed by atoms with Crippen LogP contribution in [0.15, 0.2) is 75.2 Å². The average Bonchev–Trinajstić information content (AvgIpc) is 3.74. The van der Waals surface area contributed by atoms with Crippen molar-refractivity contribution >= 4 is 40.7 Å². The first kappa shape index (κ1) is 41.1. The Morgan fingerprint density at radius 1 is 1.07 bits per heavy atom. The van der Waals surface area contributed by atoms with Gasteiger partial charge in [-0.2, -0.15) is 0 Å². The van der Waals surface area contributed by atoms with Gasteiger partial charge >= 0.3 is 11.9 Å². The normalized spacial score (nSPS) is 18.5. The lowest BCUT2D eigenvalue weighted by Gasteiger charge is -2.39. The summed E-state index contributed by atoms with van der Waals surface area (Å²) in [6.07, 6.45) is 4.55. The molecular formula is C42H46ClFN6O7S. The first-order valence-electron chi connectivity index (χ1n) is 19.0. The van der Waals surface area contributed by atoms with Crippen LogP contribution < -0.4 is 20.2 Å². The van der Waals surface area contributed by atoms with Gasteiger partial charge in [0, 0.05) is 91.0 Å². The molecule has 1 saturated heterocycles. The predicted molar refractivity (Wildman–Crippen MR) is 220 cm³/mol. The Bertz CT molecular complexity index is 2330. The highest BCUT2D eigenvalue weighted by Gasteiger charge is 2.36. The minimum absolute atomic E-state index is 0.0891. The molecule has 0 radical (unpaired) electrons. The zero-order valence-electron chi connectivity index (χ0n) is 33.0. The molecule has 0 amide bonds. The molecule has 58 heavy (non-hydrogen) atoms. The molecule has 2 aromatic heterocycles. The molecule has 306 valence electrons. The summed E-state index contributed by atoms with van der Waals surface area (Å²) in [5.74, 6) is -0.627. The van der Waals surface area contributed by atoms with E-state index >= 15 is 0 Å². The van der Waals surface area contributed by atoms with Gasteiger partial charge in [0.1, 0.15) is 17.4 Å². The number of fused-ring (bicyclic) bond motifs is 3. The SMILES string of the molecule is COC(=O)C1=C(CN2CCN(CCCOc3cc4c(cc3OC)-c3cc(=O)c(C(=O)O)cn3C(C(C)(C)C)C4)CC2)NC(c2nccs2)=N[C@H]1c1ccc(F)cc1Cl. The number of halogens is 2. The van der Waals surface area contributed by atoms with Crippen molar-refractivity contribution in [2.75, 3.05) is 60.1 Å². The molecule has 3 aliphatic heterocycles. The van der Waals surface area contributed by atoms with Crippen LogP contribution in [0.25, 0.3) is 11.3 Å². The number of rotatable bonds is 12. The maximum absolute atomic E-state index is 14.0. The Hall–Kier alpha value is -5.09. The number of aliphatic imine (C=N–C) groups is 1. The number of amidine groups is 1. The number of carbonyl (C=O) groups excluding carboxylic acids is 1. The molecule has 0 spiro atoms. The number of pyridine rings is 1. The van der Waals surface area contributed by atoms with Crippen LogP contribution in [0.4, 0.5) is 4.39 Å². The first-order chi connectivity index (χ1) is 27.7. The molecule has 2 aromatic carbocycles. The van der Waals surface area contributed by atoms with E-state index in [1.165, 1.54) is 42.8 Å². The van der Waals surface area contributed by atoms with Crippen molar-refractivity contribution in [3.8, 4) is 22.8 Å². The highest BCUT2D eigenvalue weighted by atomic mass is 35.5. The number of carbonyl (C=O) groups is 2. The summed E-state index contributed by atoms with van der Waals surface area (Å²) >= 11 is 7.93. The van der Waals surface area contributed by atoms with Crippen molar-refractivity contribution < 1.29 is 33.3 Å². The molecule has 2 atom stereocenters. The molecule has 4 aromatic rings. The number of thiazole rings is 1. The molecule has 1 unspecified atom stereocenters. The number of ether oxygens (including phenoxy) is 3. The molecule has 0 saturated carbocycles. The highest BCUT2D eigenvalue weighted by molar-refractivity contribution is 7.11. The molecule has 3 aliphatic rings. The smallest absolute Gasteiger partial charge is 0.341 e. The van der Waals surface area contributed by atoms with Crippen LogP contribution in [0.5, 0.6) is 11.5 Å². The molecular weight excluding hydrogens is 787 g/mol. The largest absolute Gasteiger partial charge is 0.493 e. The number of carboxylic acids is 1. The van der Waals surface area contributed by atoms with Crippen molar-refractivity contribution in [3.05, 3.63) is 108 Å². The molecule has 13 nitrogen and oxygen atoms in total. The number of nitrogens with zero attached hydrogens (tertiary/aromatic N) is 5. The van der Waals surface area contributed by atoms with Crippen molar-refractivity contribution in [1.29, 1.82) is 0 Å². The van der Waals surface area contributed by atoms with Crippen molar-refractivity contribution in [2.24, 2.45) is 10.4 Å². The van der Waals surface area contributed by atoms with Gasteiger partial charge in [-0.1, -0.05) is 38.4 Å². The highest BCUT2D eigenvalue weighted by Crippen LogP contribution is 2.46. The lowest BCUT2D eigenvalue weighted by molar-refractivity contribution is -0.136. The number of piperazine rings is 1. The minimum atomic E-state index is -1.24. The number of carboxylic acid groups (broad SMARTS) is 1. The molecule has 2 N–H and O–H groups in total. The number of methoxy groups -OCH3 is 2. The fourth-order valence-electron chi connectivity index (χ4n) is 7.83. The summed E-state index contributed by atoms with van der Waals surface area (Å²) in [7, 11) is 2.90. The van der Waals surface area contributed by atoms with Crippen molar-refractivity contribution in [3.63, 3.8) is 0 Å². The summed E-state index contributed by atoms with van der Waals surface area (Å²) in [5, 5.41) is 15.7. The quantitative estimate of drug-likeness (QED) is 0.124. The maximum Gasteiger partial charge on any atom is 0.341 e. The molecule has 16 heteroatoms. The molecule has 1 fully saturated rings. The number of aromatic nitrogens is 2. The fourth-order valence-corrected chi connectivity index (χ4v) is 8.69. The van der Waals surface area contributed by atoms with Crippen LogP contribution in [0.2, 0.25) is 5.02 Å². The van der Waals surface area contributed by atoms with Gasteiger partial charge in [0.05, 0.1) is 32.1 Å². The third kappa shape index (κ3) is 8.53. The third-order valence-electron chi connectivity index (χ3n) is 10.9. The Balaban J connectivity index is 1.00. The van der Waals surface area contributed by atoms with Crippen LogP contribution >= 0.6 is 22.9 Å². The van der Waals surface area contributed by atoms with Gasteiger partial charge in [0.15, 0.2) is 27.8 Å². The Morgan fingerprint density at radius 3 is 2.48 bits per heavy atom. The van der Waals surface area contributed by atoms with Gasteiger partial charge in [-0.25, -0.2) is 19.0 Å². The predicted octanol–water partition coefficient (Wildman–Crippen LogP) is 6.22. The Kier molecular flexibility index (Phi) is 12.1. The summed E-state index contributed by atoms with van der Waals surface area (Å²) in [5.41, 5.74) is 2.89. The zero-order valence-corrected chi connectivity index (χ0v) is 34.6. The van der Waals surface area contributed by atoms with Crippen molar-refractivity contribution in [1.82, 2.24) is 24.7 Å². The number of esters is 1. The average molecular weight is 833 g/mol. The number of benzene rings is 2. The van der Waals surface area contributed by atoms with Gasteiger partial charge in [-0.05, 0) is 48.1 Å². The summed E-state index contributed by atoms with van der Waals surface area (Å²) in [6, 6.07) is 8.43. The lowest BCUT2D eigenvalue weighted by Crippen LogP contribution is -2.49. The van der Waals surface area contributed by atoms with Gasteiger partial charge in [-0.15, -0.1) is 11.3 Å². The van der Waals surface area contributed by atoms with E-state index in [2.05, 4.69) is 40.9 Å². The Morgan fingerprint density at radius 2 is 1.83 bits per heavy atom. The zero-order chi connectivity index (χ0) is 41.3. The lowest BCUT2D eigenvalue weighted by atomic mass is 9.78. The first-order valence-corrected chi connectivity index (χ1v) is 20.3. The minimum Gasteiger partial charge on any atom is -0.493 e. The van der Waals surface area contributed by atoms with E-state index in [4.69, 9.17) is 30.8 Å². The van der Waals surface area contributed by atoms with Gasteiger partial charge in [0.2, 0.25) is 0 Å². The van der Waals surface area contributed by atoms with E-state index in [0.717, 1.165) is 50.3 Å². The number of hydrogen-bond acceptors (Lipinski definition) is 12. The molecule has 5 heterocycles. The van der Waals surface area contributed by atoms with E-state index < -0.39 is 29.2 Å². The van der Waals surface area contributed by atoms with Crippen LogP contribution in [0, 0.1) is 11.2 Å². The number of aromatic carboxylic acids is 1. The molecule has 7 rings (SSSR count). The topological polar surface area (TPSA) is 148 Å².